The average Bonchev–Trinajstić information content (AvgIpc) is 2.36. The summed E-state index contributed by atoms with van der Waals surface area (Å²) in [7, 11) is 2.09. The number of halogens is 1. The molecule has 1 unspecified atom stereocenters. The Morgan fingerprint density at radius 3 is 3.11 bits per heavy atom. The number of hydrogen-bond acceptors (Lipinski definition) is 4. The standard InChI is InChI=1S/C13H18ClN3OS/c1-17-4-5-18-10(8-17)7-16-12-6-9(14)2-3-11(12)13(15)19/h2-3,6,10,16H,4-5,7-8H2,1H3,(H2,15,19). The first-order chi connectivity index (χ1) is 9.06. The van der Waals surface area contributed by atoms with E-state index in [-0.39, 0.29) is 6.10 Å². The highest BCUT2D eigenvalue weighted by atomic mass is 35.5. The molecule has 1 aromatic rings. The third kappa shape index (κ3) is 4.04. The van der Waals surface area contributed by atoms with Crippen molar-refractivity contribution < 1.29 is 4.74 Å². The van der Waals surface area contributed by atoms with Crippen LogP contribution in [0, 0.1) is 0 Å². The van der Waals surface area contributed by atoms with Crippen LogP contribution in [0.3, 0.4) is 0 Å². The maximum absolute atomic E-state index is 6.00. The second-order valence-electron chi connectivity index (χ2n) is 4.69. The summed E-state index contributed by atoms with van der Waals surface area (Å²) in [5.41, 5.74) is 7.37. The Labute approximate surface area is 123 Å². The maximum atomic E-state index is 6.00. The Kier molecular flexibility index (Phi) is 4.99. The summed E-state index contributed by atoms with van der Waals surface area (Å²) < 4.78 is 5.70. The predicted octanol–water partition coefficient (Wildman–Crippen LogP) is 1.72. The van der Waals surface area contributed by atoms with Crippen molar-refractivity contribution in [1.29, 1.82) is 0 Å². The van der Waals surface area contributed by atoms with Gasteiger partial charge in [-0.15, -0.1) is 0 Å². The molecule has 0 spiro atoms. The van der Waals surface area contributed by atoms with Gasteiger partial charge in [-0.1, -0.05) is 23.8 Å². The van der Waals surface area contributed by atoms with Gasteiger partial charge in [-0.25, -0.2) is 0 Å². The number of benzene rings is 1. The van der Waals surface area contributed by atoms with E-state index in [0.717, 1.165) is 30.9 Å². The first-order valence-electron chi connectivity index (χ1n) is 6.19. The third-order valence-corrected chi connectivity index (χ3v) is 3.56. The number of hydrogen-bond donors (Lipinski definition) is 2. The number of ether oxygens (including phenoxy) is 1. The van der Waals surface area contributed by atoms with Gasteiger partial charge in [-0.05, 0) is 25.2 Å². The fourth-order valence-electron chi connectivity index (χ4n) is 2.09. The van der Waals surface area contributed by atoms with E-state index < -0.39 is 0 Å². The molecule has 104 valence electrons. The van der Waals surface area contributed by atoms with Crippen molar-refractivity contribution in [1.82, 2.24) is 4.90 Å². The molecule has 2 rings (SSSR count). The molecule has 4 nitrogen and oxygen atoms in total. The molecule has 1 aliphatic heterocycles. The van der Waals surface area contributed by atoms with Crippen molar-refractivity contribution in [3.8, 4) is 0 Å². The molecule has 1 fully saturated rings. The lowest BCUT2D eigenvalue weighted by atomic mass is 10.1. The van der Waals surface area contributed by atoms with E-state index in [1.165, 1.54) is 0 Å². The van der Waals surface area contributed by atoms with E-state index in [9.17, 15) is 0 Å². The van der Waals surface area contributed by atoms with Crippen LogP contribution in [0.25, 0.3) is 0 Å². The first kappa shape index (κ1) is 14.5. The summed E-state index contributed by atoms with van der Waals surface area (Å²) in [5, 5.41) is 3.98. The van der Waals surface area contributed by atoms with Crippen LogP contribution in [-0.4, -0.2) is 49.3 Å². The minimum absolute atomic E-state index is 0.164. The minimum Gasteiger partial charge on any atom is -0.389 e. The highest BCUT2D eigenvalue weighted by Crippen LogP contribution is 2.21. The second kappa shape index (κ2) is 6.52. The summed E-state index contributed by atoms with van der Waals surface area (Å²) >= 11 is 11.0. The largest absolute Gasteiger partial charge is 0.389 e. The van der Waals surface area contributed by atoms with E-state index in [1.54, 1.807) is 6.07 Å². The lowest BCUT2D eigenvalue weighted by molar-refractivity contribution is -0.0117. The number of morpholine rings is 1. The van der Waals surface area contributed by atoms with E-state index >= 15 is 0 Å². The minimum atomic E-state index is 0.164. The molecule has 6 heteroatoms. The van der Waals surface area contributed by atoms with Crippen molar-refractivity contribution in [3.63, 3.8) is 0 Å². The van der Waals surface area contributed by atoms with Crippen LogP contribution in [0.15, 0.2) is 18.2 Å². The fourth-order valence-corrected chi connectivity index (χ4v) is 2.44. The van der Waals surface area contributed by atoms with Crippen molar-refractivity contribution in [2.75, 3.05) is 38.6 Å². The Morgan fingerprint density at radius 2 is 2.42 bits per heavy atom. The molecule has 0 saturated carbocycles. The summed E-state index contributed by atoms with van der Waals surface area (Å²) in [6.07, 6.45) is 0.164. The van der Waals surface area contributed by atoms with Crippen LogP contribution in [0.4, 0.5) is 5.69 Å². The number of anilines is 1. The number of thiocarbonyl (C=S) groups is 1. The molecule has 3 N–H and O–H groups in total. The predicted molar refractivity (Wildman–Crippen MR) is 83.1 cm³/mol. The highest BCUT2D eigenvalue weighted by Gasteiger charge is 2.17. The van der Waals surface area contributed by atoms with Gasteiger partial charge >= 0.3 is 0 Å². The number of rotatable bonds is 4. The van der Waals surface area contributed by atoms with Gasteiger partial charge in [0.25, 0.3) is 0 Å². The first-order valence-corrected chi connectivity index (χ1v) is 6.98. The van der Waals surface area contributed by atoms with Gasteiger partial charge in [-0.3, -0.25) is 0 Å². The molecule has 1 atom stereocenters. The Hall–Kier alpha value is -0.880. The van der Waals surface area contributed by atoms with Gasteiger partial charge in [0, 0.05) is 35.9 Å². The zero-order chi connectivity index (χ0) is 13.8. The summed E-state index contributed by atoms with van der Waals surface area (Å²) in [4.78, 5) is 2.61. The van der Waals surface area contributed by atoms with Crippen LogP contribution >= 0.6 is 23.8 Å². The Morgan fingerprint density at radius 1 is 1.63 bits per heavy atom. The normalized spacial score (nSPS) is 20.2. The van der Waals surface area contributed by atoms with E-state index in [1.807, 2.05) is 12.1 Å². The zero-order valence-electron chi connectivity index (χ0n) is 10.9. The van der Waals surface area contributed by atoms with Crippen molar-refractivity contribution in [3.05, 3.63) is 28.8 Å². The van der Waals surface area contributed by atoms with Gasteiger partial charge in [0.1, 0.15) is 4.99 Å². The molecule has 1 heterocycles. The molecule has 0 bridgehead atoms. The molecular formula is C13H18ClN3OS. The van der Waals surface area contributed by atoms with Gasteiger partial charge in [0.2, 0.25) is 0 Å². The van der Waals surface area contributed by atoms with Crippen molar-refractivity contribution in [2.24, 2.45) is 5.73 Å². The lowest BCUT2D eigenvalue weighted by Gasteiger charge is -2.30. The molecule has 0 amide bonds. The van der Waals surface area contributed by atoms with Crippen molar-refractivity contribution in [2.45, 2.75) is 6.10 Å². The lowest BCUT2D eigenvalue weighted by Crippen LogP contribution is -2.43. The van der Waals surface area contributed by atoms with E-state index in [0.29, 0.717) is 16.6 Å². The second-order valence-corrected chi connectivity index (χ2v) is 5.57. The van der Waals surface area contributed by atoms with Crippen LogP contribution in [0.2, 0.25) is 5.02 Å². The van der Waals surface area contributed by atoms with E-state index in [4.69, 9.17) is 34.3 Å². The quantitative estimate of drug-likeness (QED) is 0.829. The molecule has 19 heavy (non-hydrogen) atoms. The maximum Gasteiger partial charge on any atom is 0.106 e. The van der Waals surface area contributed by atoms with Crippen LogP contribution in [-0.2, 0) is 4.74 Å². The van der Waals surface area contributed by atoms with Crippen LogP contribution in [0.1, 0.15) is 5.56 Å². The number of nitrogens with one attached hydrogen (secondary N) is 1. The van der Waals surface area contributed by atoms with Crippen LogP contribution in [0.5, 0.6) is 0 Å². The fraction of sp³-hybridized carbons (Fsp3) is 0.462. The smallest absolute Gasteiger partial charge is 0.106 e. The molecule has 1 saturated heterocycles. The molecule has 0 aromatic heterocycles. The number of likely N-dealkylation sites (N-methyl/N-ethyl adjacent to an activating group) is 1. The Balaban J connectivity index is 2.02. The van der Waals surface area contributed by atoms with Gasteiger partial charge in [0.15, 0.2) is 0 Å². The highest BCUT2D eigenvalue weighted by molar-refractivity contribution is 7.80. The molecule has 0 radical (unpaired) electrons. The van der Waals surface area contributed by atoms with E-state index in [2.05, 4.69) is 17.3 Å². The zero-order valence-corrected chi connectivity index (χ0v) is 12.4. The number of nitrogens with two attached hydrogens (primary N) is 1. The summed E-state index contributed by atoms with van der Waals surface area (Å²) in [5.74, 6) is 0. The van der Waals surface area contributed by atoms with Crippen molar-refractivity contribution >= 4 is 34.5 Å². The SMILES string of the molecule is CN1CCOC(CNc2cc(Cl)ccc2C(N)=S)C1. The molecule has 0 aliphatic carbocycles. The summed E-state index contributed by atoms with van der Waals surface area (Å²) in [6.45, 7) is 3.36. The summed E-state index contributed by atoms with van der Waals surface area (Å²) in [6, 6.07) is 5.45. The van der Waals surface area contributed by atoms with Crippen LogP contribution < -0.4 is 11.1 Å². The topological polar surface area (TPSA) is 50.5 Å². The van der Waals surface area contributed by atoms with Gasteiger partial charge < -0.3 is 20.7 Å². The van der Waals surface area contributed by atoms with Gasteiger partial charge in [-0.2, -0.15) is 0 Å². The average molecular weight is 300 g/mol. The number of nitrogens with zero attached hydrogens (tertiary/aromatic N) is 1. The Bertz CT molecular complexity index is 469. The molecule has 1 aromatic carbocycles. The third-order valence-electron chi connectivity index (χ3n) is 3.11. The monoisotopic (exact) mass is 299 g/mol. The molecule has 1 aliphatic rings. The van der Waals surface area contributed by atoms with Gasteiger partial charge in [0.05, 0.1) is 12.7 Å². The molecular weight excluding hydrogens is 282 g/mol.